The lowest BCUT2D eigenvalue weighted by Crippen LogP contribution is -2.61. The summed E-state index contributed by atoms with van der Waals surface area (Å²) in [7, 11) is 0. The van der Waals surface area contributed by atoms with Crippen molar-refractivity contribution in [3.63, 3.8) is 0 Å². The second-order valence-corrected chi connectivity index (χ2v) is 9.96. The second-order valence-electron chi connectivity index (χ2n) is 9.96. The monoisotopic (exact) mass is 580 g/mol. The van der Waals surface area contributed by atoms with E-state index in [1.54, 1.807) is 91.0 Å². The first-order chi connectivity index (χ1) is 21.0. The van der Waals surface area contributed by atoms with Crippen LogP contribution in [0.25, 0.3) is 0 Å². The van der Waals surface area contributed by atoms with E-state index in [1.165, 1.54) is 0 Å². The summed E-state index contributed by atoms with van der Waals surface area (Å²) in [4.78, 5) is 39.8. The fraction of sp³-hybridized carbons (Fsp3) is 0.229. The van der Waals surface area contributed by atoms with Crippen molar-refractivity contribution in [2.24, 2.45) is 0 Å². The first-order valence-corrected chi connectivity index (χ1v) is 14.1. The van der Waals surface area contributed by atoms with Gasteiger partial charge < -0.3 is 23.7 Å². The van der Waals surface area contributed by atoms with Gasteiger partial charge in [0.25, 0.3) is 0 Å². The summed E-state index contributed by atoms with van der Waals surface area (Å²) in [6.45, 7) is 1.97. The molecule has 0 saturated carbocycles. The van der Waals surface area contributed by atoms with Gasteiger partial charge in [-0.2, -0.15) is 0 Å². The Morgan fingerprint density at radius 3 is 1.44 bits per heavy atom. The molecular weight excluding hydrogens is 548 g/mol. The van der Waals surface area contributed by atoms with Crippen molar-refractivity contribution in [2.45, 2.75) is 50.7 Å². The number of rotatable bonds is 10. The van der Waals surface area contributed by atoms with Gasteiger partial charge in [-0.15, -0.1) is 0 Å². The molecule has 1 heterocycles. The van der Waals surface area contributed by atoms with Crippen LogP contribution >= 0.6 is 0 Å². The lowest BCUT2D eigenvalue weighted by atomic mass is 9.96. The average molecular weight is 581 g/mol. The molecule has 4 aromatic carbocycles. The molecule has 0 aromatic heterocycles. The Morgan fingerprint density at radius 2 is 0.977 bits per heavy atom. The van der Waals surface area contributed by atoms with E-state index >= 15 is 0 Å². The fourth-order valence-corrected chi connectivity index (χ4v) is 4.81. The Bertz CT molecular complexity index is 1480. The normalized spacial score (nSPS) is 21.4. The second kappa shape index (κ2) is 14.4. The molecule has 1 fully saturated rings. The van der Waals surface area contributed by atoms with Gasteiger partial charge in [-0.3, -0.25) is 0 Å². The molecule has 5 atom stereocenters. The third-order valence-corrected chi connectivity index (χ3v) is 7.02. The van der Waals surface area contributed by atoms with Crippen LogP contribution in [0.15, 0.2) is 121 Å². The van der Waals surface area contributed by atoms with Crippen molar-refractivity contribution in [3.8, 4) is 0 Å². The summed E-state index contributed by atoms with van der Waals surface area (Å²) in [6, 6.07) is 34.8. The van der Waals surface area contributed by atoms with Crippen molar-refractivity contribution >= 4 is 17.9 Å². The molecule has 4 aromatic rings. The summed E-state index contributed by atoms with van der Waals surface area (Å²) in [6.07, 6.45) is -5.03. The molecule has 3 unspecified atom stereocenters. The molecule has 0 bridgehead atoms. The van der Waals surface area contributed by atoms with E-state index in [1.807, 2.05) is 37.3 Å². The van der Waals surface area contributed by atoms with Gasteiger partial charge in [0.1, 0.15) is 12.2 Å². The minimum atomic E-state index is -1.35. The van der Waals surface area contributed by atoms with Crippen molar-refractivity contribution in [3.05, 3.63) is 144 Å². The smallest absolute Gasteiger partial charge is 0.340 e. The molecule has 1 aliphatic heterocycles. The van der Waals surface area contributed by atoms with Crippen LogP contribution in [0.4, 0.5) is 0 Å². The zero-order valence-corrected chi connectivity index (χ0v) is 23.6. The first kappa shape index (κ1) is 29.7. The standard InChI is InChI=1S/C35H32O8/c1-2-28-29(41-32(36)25-17-9-4-10-18-25)30(39-23-24-15-7-3-8-16-24)31(42-33(37)26-19-11-5-12-20-26)35(40-28)43-34(38)27-21-13-6-14-22-27/h3-22,28-31,35H,2,23H2,1H3/t28?,29-,30-,31?,35?/m1/s1. The summed E-state index contributed by atoms with van der Waals surface area (Å²) >= 11 is 0. The highest BCUT2D eigenvalue weighted by atomic mass is 16.7. The highest BCUT2D eigenvalue weighted by Gasteiger charge is 2.52. The van der Waals surface area contributed by atoms with E-state index in [0.717, 1.165) is 5.56 Å². The Labute approximate surface area is 250 Å². The van der Waals surface area contributed by atoms with Gasteiger partial charge in [-0.05, 0) is 48.4 Å². The Kier molecular flexibility index (Phi) is 9.94. The minimum Gasteiger partial charge on any atom is -0.453 e. The van der Waals surface area contributed by atoms with Crippen LogP contribution in [0, 0.1) is 0 Å². The van der Waals surface area contributed by atoms with E-state index in [-0.39, 0.29) is 12.2 Å². The molecule has 43 heavy (non-hydrogen) atoms. The topological polar surface area (TPSA) is 97.4 Å². The molecule has 0 aliphatic carbocycles. The number of hydrogen-bond donors (Lipinski definition) is 0. The maximum absolute atomic E-state index is 13.4. The van der Waals surface area contributed by atoms with Crippen LogP contribution in [-0.2, 0) is 30.3 Å². The van der Waals surface area contributed by atoms with Crippen LogP contribution in [0.1, 0.15) is 50.0 Å². The molecule has 0 radical (unpaired) electrons. The number of hydrogen-bond acceptors (Lipinski definition) is 8. The predicted octanol–water partition coefficient (Wildman–Crippen LogP) is 6.01. The molecule has 220 valence electrons. The minimum absolute atomic E-state index is 0.111. The van der Waals surface area contributed by atoms with Crippen LogP contribution in [0.2, 0.25) is 0 Å². The molecule has 1 saturated heterocycles. The van der Waals surface area contributed by atoms with Gasteiger partial charge >= 0.3 is 17.9 Å². The van der Waals surface area contributed by atoms with Gasteiger partial charge in [0, 0.05) is 0 Å². The molecule has 0 amide bonds. The quantitative estimate of drug-likeness (QED) is 0.166. The van der Waals surface area contributed by atoms with Gasteiger partial charge in [0.05, 0.1) is 23.3 Å². The number of carbonyl (C=O) groups is 3. The highest BCUT2D eigenvalue weighted by molar-refractivity contribution is 5.91. The summed E-state index contributed by atoms with van der Waals surface area (Å²) in [5.74, 6) is -1.93. The third kappa shape index (κ3) is 7.54. The highest BCUT2D eigenvalue weighted by Crippen LogP contribution is 2.33. The lowest BCUT2D eigenvalue weighted by molar-refractivity contribution is -0.288. The van der Waals surface area contributed by atoms with Crippen LogP contribution in [0.5, 0.6) is 0 Å². The fourth-order valence-electron chi connectivity index (χ4n) is 4.81. The van der Waals surface area contributed by atoms with E-state index in [0.29, 0.717) is 17.5 Å². The Hall–Kier alpha value is -4.79. The molecule has 8 heteroatoms. The third-order valence-electron chi connectivity index (χ3n) is 7.02. The Morgan fingerprint density at radius 1 is 0.558 bits per heavy atom. The Balaban J connectivity index is 1.50. The lowest BCUT2D eigenvalue weighted by Gasteiger charge is -2.44. The van der Waals surface area contributed by atoms with Crippen LogP contribution in [0.3, 0.4) is 0 Å². The largest absolute Gasteiger partial charge is 0.453 e. The van der Waals surface area contributed by atoms with E-state index in [9.17, 15) is 14.4 Å². The molecule has 0 spiro atoms. The van der Waals surface area contributed by atoms with Gasteiger partial charge in [-0.1, -0.05) is 91.9 Å². The summed E-state index contributed by atoms with van der Waals surface area (Å²) < 4.78 is 30.4. The van der Waals surface area contributed by atoms with Gasteiger partial charge in [-0.25, -0.2) is 14.4 Å². The van der Waals surface area contributed by atoms with E-state index < -0.39 is 48.6 Å². The maximum atomic E-state index is 13.4. The van der Waals surface area contributed by atoms with E-state index in [4.69, 9.17) is 23.7 Å². The first-order valence-electron chi connectivity index (χ1n) is 14.1. The SMILES string of the molecule is CCC1OC(OC(=O)c2ccccc2)C(OC(=O)c2ccccc2)[C@H](OCc2ccccc2)[C@@H]1OC(=O)c1ccccc1. The van der Waals surface area contributed by atoms with Crippen molar-refractivity contribution < 1.29 is 38.1 Å². The van der Waals surface area contributed by atoms with Gasteiger partial charge in [0.15, 0.2) is 12.2 Å². The van der Waals surface area contributed by atoms with Crippen molar-refractivity contribution in [2.75, 3.05) is 0 Å². The zero-order chi connectivity index (χ0) is 30.0. The van der Waals surface area contributed by atoms with Crippen molar-refractivity contribution in [1.82, 2.24) is 0 Å². The zero-order valence-electron chi connectivity index (χ0n) is 23.6. The number of ether oxygens (including phenoxy) is 5. The van der Waals surface area contributed by atoms with Gasteiger partial charge in [0.2, 0.25) is 6.29 Å². The van der Waals surface area contributed by atoms with Crippen LogP contribution in [-0.4, -0.2) is 48.6 Å². The maximum Gasteiger partial charge on any atom is 0.340 e. The summed E-state index contributed by atoms with van der Waals surface area (Å²) in [5.41, 5.74) is 1.77. The molecule has 1 aliphatic rings. The van der Waals surface area contributed by atoms with Crippen molar-refractivity contribution in [1.29, 1.82) is 0 Å². The number of esters is 3. The summed E-state index contributed by atoms with van der Waals surface area (Å²) in [5, 5.41) is 0. The average Bonchev–Trinajstić information content (AvgIpc) is 3.07. The number of carbonyl (C=O) groups excluding carboxylic acids is 3. The molecule has 0 N–H and O–H groups in total. The van der Waals surface area contributed by atoms with E-state index in [2.05, 4.69) is 0 Å². The molecule has 8 nitrogen and oxygen atoms in total. The molecule has 5 rings (SSSR count). The number of benzene rings is 4. The predicted molar refractivity (Wildman–Crippen MR) is 157 cm³/mol. The molecular formula is C35H32O8. The van der Waals surface area contributed by atoms with Crippen LogP contribution < -0.4 is 0 Å².